The topological polar surface area (TPSA) is 94.6 Å². The van der Waals surface area contributed by atoms with Crippen molar-refractivity contribution in [1.29, 1.82) is 0 Å². The minimum atomic E-state index is -1.18. The van der Waals surface area contributed by atoms with Crippen molar-refractivity contribution in [1.82, 2.24) is 34.5 Å². The Kier molecular flexibility index (Phi) is 5.39. The average Bonchev–Trinajstić information content (AvgIpc) is 3.47. The number of ether oxygens (including phenoxy) is 2. The summed E-state index contributed by atoms with van der Waals surface area (Å²) < 4.78 is 50.2. The Labute approximate surface area is 201 Å². The Morgan fingerprint density at radius 3 is 2.94 bits per heavy atom. The quantitative estimate of drug-likeness (QED) is 0.426. The van der Waals surface area contributed by atoms with Crippen LogP contribution in [-0.2, 0) is 11.3 Å². The number of hydrogen-bond acceptors (Lipinski definition) is 8. The predicted molar refractivity (Wildman–Crippen MR) is 125 cm³/mol. The molecule has 1 N–H and O–H groups in total. The molecule has 0 bridgehead atoms. The molecule has 5 heterocycles. The monoisotopic (exact) mass is 485 g/mol. The summed E-state index contributed by atoms with van der Waals surface area (Å²) in [4.78, 5) is 6.36. The van der Waals surface area contributed by atoms with Gasteiger partial charge in [-0.05, 0) is 30.2 Å². The Balaban J connectivity index is 1.27. The highest BCUT2D eigenvalue weighted by atomic mass is 19.1. The van der Waals surface area contributed by atoms with Crippen LogP contribution in [0.5, 0.6) is 5.88 Å². The number of fused-ring (bicyclic) bond motifs is 2. The molecule has 2 aliphatic rings. The Morgan fingerprint density at radius 2 is 2.20 bits per heavy atom. The number of alkyl halides is 2. The van der Waals surface area contributed by atoms with Gasteiger partial charge < -0.3 is 14.8 Å². The van der Waals surface area contributed by atoms with Crippen molar-refractivity contribution < 1.29 is 19.6 Å². The number of aromatic nitrogens is 6. The van der Waals surface area contributed by atoms with Crippen molar-refractivity contribution in [2.24, 2.45) is 0 Å². The van der Waals surface area contributed by atoms with E-state index in [1.54, 1.807) is 10.7 Å². The molecule has 184 valence electrons. The number of anilines is 1. The van der Waals surface area contributed by atoms with Crippen molar-refractivity contribution in [3.63, 3.8) is 0 Å². The maximum atomic E-state index is 15.0. The molecular formula is C23H26F2N8O2. The summed E-state index contributed by atoms with van der Waals surface area (Å²) in [6.07, 6.45) is 1.13. The molecule has 4 aromatic rings. The number of nitrogens with one attached hydrogen (secondary N) is 1. The van der Waals surface area contributed by atoms with Gasteiger partial charge in [0.2, 0.25) is 11.8 Å². The summed E-state index contributed by atoms with van der Waals surface area (Å²) in [5.74, 6) is 0.600. The first-order valence-corrected chi connectivity index (χ1v) is 11.6. The molecule has 1 aromatic carbocycles. The molecule has 0 radical (unpaired) electrons. The molecule has 0 unspecified atom stereocenters. The van der Waals surface area contributed by atoms with Gasteiger partial charge in [0.25, 0.3) is 0 Å². The van der Waals surface area contributed by atoms with Crippen molar-refractivity contribution >= 4 is 22.5 Å². The average molecular weight is 486 g/mol. The van der Waals surface area contributed by atoms with Crippen molar-refractivity contribution in [3.8, 4) is 17.0 Å². The van der Waals surface area contributed by atoms with Gasteiger partial charge in [-0.1, -0.05) is 11.3 Å². The van der Waals surface area contributed by atoms with Crippen LogP contribution in [0.3, 0.4) is 0 Å². The molecule has 35 heavy (non-hydrogen) atoms. The minimum absolute atomic E-state index is 0.128. The predicted octanol–water partition coefficient (Wildman–Crippen LogP) is 2.34. The van der Waals surface area contributed by atoms with E-state index in [9.17, 15) is 4.39 Å². The fourth-order valence-electron chi connectivity index (χ4n) is 4.70. The summed E-state index contributed by atoms with van der Waals surface area (Å²) in [5, 5.41) is 15.8. The van der Waals surface area contributed by atoms with Crippen LogP contribution in [0.2, 0.25) is 0 Å². The van der Waals surface area contributed by atoms with Gasteiger partial charge >= 0.3 is 0 Å². The first-order chi connectivity index (χ1) is 17.5. The number of halogens is 2. The van der Waals surface area contributed by atoms with Crippen LogP contribution in [0.25, 0.3) is 27.7 Å². The second-order valence-electron chi connectivity index (χ2n) is 8.73. The lowest BCUT2D eigenvalue weighted by atomic mass is 10.0. The summed E-state index contributed by atoms with van der Waals surface area (Å²) in [6, 6.07) is 6.24. The number of aryl methyl sites for hydroxylation is 1. The van der Waals surface area contributed by atoms with Crippen LogP contribution in [0.4, 0.5) is 14.7 Å². The third-order valence-electron chi connectivity index (χ3n) is 6.63. The first-order valence-electron chi connectivity index (χ1n) is 12.1. The van der Waals surface area contributed by atoms with E-state index in [0.29, 0.717) is 43.1 Å². The maximum Gasteiger partial charge on any atom is 0.244 e. The van der Waals surface area contributed by atoms with Gasteiger partial charge in [0, 0.05) is 24.8 Å². The summed E-state index contributed by atoms with van der Waals surface area (Å²) in [7, 11) is 1.52. The highest BCUT2D eigenvalue weighted by Crippen LogP contribution is 2.33. The zero-order chi connectivity index (χ0) is 24.9. The van der Waals surface area contributed by atoms with Crippen LogP contribution >= 0.6 is 0 Å². The normalized spacial score (nSPS) is 22.8. The van der Waals surface area contributed by atoms with Gasteiger partial charge in [-0.15, -0.1) is 10.2 Å². The fraction of sp³-hybridized carbons (Fsp3) is 0.478. The van der Waals surface area contributed by atoms with Gasteiger partial charge in [0.1, 0.15) is 23.9 Å². The molecule has 3 aromatic heterocycles. The van der Waals surface area contributed by atoms with Crippen LogP contribution in [-0.4, -0.2) is 92.8 Å². The molecule has 2 atom stereocenters. The maximum absolute atomic E-state index is 15.0. The lowest BCUT2D eigenvalue weighted by molar-refractivity contribution is -0.0794. The van der Waals surface area contributed by atoms with E-state index in [4.69, 9.17) is 10.8 Å². The lowest BCUT2D eigenvalue weighted by Crippen LogP contribution is -2.57. The third-order valence-corrected chi connectivity index (χ3v) is 6.63. The smallest absolute Gasteiger partial charge is 0.244 e. The molecule has 0 spiro atoms. The van der Waals surface area contributed by atoms with Crippen molar-refractivity contribution in [2.45, 2.75) is 31.2 Å². The van der Waals surface area contributed by atoms with Gasteiger partial charge in [0.05, 0.1) is 45.8 Å². The zero-order valence-electron chi connectivity index (χ0n) is 20.2. The van der Waals surface area contributed by atoms with Crippen molar-refractivity contribution in [2.75, 3.05) is 45.4 Å². The van der Waals surface area contributed by atoms with E-state index in [1.165, 1.54) is 11.8 Å². The van der Waals surface area contributed by atoms with Crippen LogP contribution < -0.4 is 10.1 Å². The largest absolute Gasteiger partial charge is 0.479 e. The summed E-state index contributed by atoms with van der Waals surface area (Å²) in [5.41, 5.74) is 3.74. The molecule has 10 nitrogen and oxygen atoms in total. The number of methoxy groups -OCH3 is 1. The standard InChI is InChI=1S/C23H26F2N8O2/c1-34-22-21-16(14-2-3-19-20(10-14)32(9-6-24)30-28-19)4-8-33(21)29-23(27-22)26-18-5-7-31(11-17(18)25)15-12-35-13-15/h2-4,8,10,15,17-18H,5-7,9,11-13H2,1H3,(H,26,29)/t17-,18-/m1/s1/i15D. The molecule has 6 rings (SSSR count). The van der Waals surface area contributed by atoms with Crippen LogP contribution in [0.15, 0.2) is 30.5 Å². The summed E-state index contributed by atoms with van der Waals surface area (Å²) in [6.45, 7) is 0.969. The van der Waals surface area contributed by atoms with E-state index in [0.717, 1.165) is 16.6 Å². The van der Waals surface area contributed by atoms with Crippen LogP contribution in [0, 0.1) is 0 Å². The Morgan fingerprint density at radius 1 is 1.31 bits per heavy atom. The van der Waals surface area contributed by atoms with E-state index in [2.05, 4.69) is 25.7 Å². The second-order valence-corrected chi connectivity index (χ2v) is 8.73. The van der Waals surface area contributed by atoms with Crippen molar-refractivity contribution in [3.05, 3.63) is 30.5 Å². The van der Waals surface area contributed by atoms with E-state index in [-0.39, 0.29) is 19.0 Å². The molecule has 2 aliphatic heterocycles. The number of likely N-dealkylation sites (tertiary alicyclic amines) is 1. The molecule has 2 fully saturated rings. The SMILES string of the molecule is [2H]C1(N2CC[C@@H](Nc3nc(OC)c4c(-c5ccc6nnn(CCF)c6c5)ccn4n3)[C@H](F)C2)COC1. The number of hydrogen-bond donors (Lipinski definition) is 1. The molecule has 0 aliphatic carbocycles. The van der Waals surface area contributed by atoms with Gasteiger partial charge in [0.15, 0.2) is 0 Å². The molecule has 12 heteroatoms. The molecular weight excluding hydrogens is 458 g/mol. The van der Waals surface area contributed by atoms with Gasteiger partial charge in [-0.3, -0.25) is 4.90 Å². The zero-order valence-corrected chi connectivity index (χ0v) is 19.2. The van der Waals surface area contributed by atoms with Gasteiger partial charge in [-0.25, -0.2) is 18.0 Å². The Bertz CT molecular complexity index is 1410. The van der Waals surface area contributed by atoms with E-state index < -0.39 is 24.9 Å². The number of nitrogens with zero attached hydrogens (tertiary/aromatic N) is 7. The Hall–Kier alpha value is -3.38. The fourth-order valence-corrected chi connectivity index (χ4v) is 4.70. The molecule has 2 saturated heterocycles. The van der Waals surface area contributed by atoms with E-state index >= 15 is 4.39 Å². The highest BCUT2D eigenvalue weighted by Gasteiger charge is 2.35. The minimum Gasteiger partial charge on any atom is -0.479 e. The van der Waals surface area contributed by atoms with Crippen LogP contribution in [0.1, 0.15) is 7.79 Å². The number of rotatable bonds is 7. The van der Waals surface area contributed by atoms with Gasteiger partial charge in [-0.2, -0.15) is 4.98 Å². The first kappa shape index (κ1) is 20.9. The number of benzene rings is 1. The molecule has 0 saturated carbocycles. The third kappa shape index (κ3) is 3.96. The summed E-state index contributed by atoms with van der Waals surface area (Å²) >= 11 is 0. The second kappa shape index (κ2) is 9.00. The lowest BCUT2D eigenvalue weighted by Gasteiger charge is -2.42. The highest BCUT2D eigenvalue weighted by molar-refractivity contribution is 5.89. The molecule has 0 amide bonds. The number of piperidine rings is 1. The van der Waals surface area contributed by atoms with E-state index in [1.807, 2.05) is 29.2 Å².